The predicted octanol–water partition coefficient (Wildman–Crippen LogP) is 2.39. The zero-order valence-corrected chi connectivity index (χ0v) is 13.1. The molecule has 0 fully saturated rings. The minimum absolute atomic E-state index is 0.125. The van der Waals surface area contributed by atoms with E-state index in [4.69, 9.17) is 5.11 Å². The predicted molar refractivity (Wildman–Crippen MR) is 86.5 cm³/mol. The van der Waals surface area contributed by atoms with Crippen molar-refractivity contribution in [3.8, 4) is 5.75 Å². The van der Waals surface area contributed by atoms with Crippen LogP contribution in [0.4, 0.5) is 19.0 Å². The molecule has 9 heteroatoms. The van der Waals surface area contributed by atoms with Gasteiger partial charge in [-0.15, -0.1) is 0 Å². The third-order valence-corrected chi connectivity index (χ3v) is 3.59. The van der Waals surface area contributed by atoms with Gasteiger partial charge in [0.15, 0.2) is 29.0 Å². The van der Waals surface area contributed by atoms with Crippen LogP contribution in [0.25, 0.3) is 11.0 Å². The van der Waals surface area contributed by atoms with Gasteiger partial charge in [0.1, 0.15) is 11.4 Å². The number of hydrogen-bond donors (Lipinski definition) is 3. The van der Waals surface area contributed by atoms with Gasteiger partial charge in [-0.05, 0) is 18.2 Å². The Morgan fingerprint density at radius 3 is 2.62 bits per heavy atom. The SMILES string of the molecule is O=C(c1ccc2ncc(NCCO)nc2c1)c1c(F)c(O)cc(F)c1F. The lowest BCUT2D eigenvalue weighted by Crippen LogP contribution is -2.10. The largest absolute Gasteiger partial charge is 0.505 e. The highest BCUT2D eigenvalue weighted by molar-refractivity contribution is 6.10. The molecule has 2 aromatic carbocycles. The van der Waals surface area contributed by atoms with Crippen molar-refractivity contribution in [3.05, 3.63) is 59.0 Å². The number of anilines is 1. The van der Waals surface area contributed by atoms with E-state index in [2.05, 4.69) is 15.3 Å². The van der Waals surface area contributed by atoms with Gasteiger partial charge in [0.25, 0.3) is 0 Å². The molecular weight excluding hydrogens is 351 g/mol. The standard InChI is InChI=1S/C17H12F3N3O3/c18-9-6-12(25)16(20)14(15(9)19)17(26)8-1-2-10-11(5-8)23-13(7-22-10)21-3-4-24/h1-2,5-7,24-25H,3-4H2,(H,21,23). The summed E-state index contributed by atoms with van der Waals surface area (Å²) in [6.07, 6.45) is 1.42. The van der Waals surface area contributed by atoms with Crippen LogP contribution >= 0.6 is 0 Å². The second kappa shape index (κ2) is 6.96. The minimum Gasteiger partial charge on any atom is -0.505 e. The molecule has 3 N–H and O–H groups in total. The van der Waals surface area contributed by atoms with Gasteiger partial charge in [-0.25, -0.2) is 18.2 Å². The number of carbonyl (C=O) groups excluding carboxylic acids is 1. The molecule has 6 nitrogen and oxygen atoms in total. The maximum atomic E-state index is 14.0. The number of carbonyl (C=O) groups is 1. The first-order chi connectivity index (χ1) is 12.4. The number of phenolic OH excluding ortho intramolecular Hbond substituents is 1. The molecule has 1 heterocycles. The fourth-order valence-electron chi connectivity index (χ4n) is 2.36. The molecule has 0 saturated carbocycles. The molecule has 0 saturated heterocycles. The zero-order chi connectivity index (χ0) is 18.8. The summed E-state index contributed by atoms with van der Waals surface area (Å²) in [5.74, 6) is -6.75. The average molecular weight is 363 g/mol. The van der Waals surface area contributed by atoms with E-state index in [1.807, 2.05) is 0 Å². The summed E-state index contributed by atoms with van der Waals surface area (Å²) in [5, 5.41) is 20.9. The summed E-state index contributed by atoms with van der Waals surface area (Å²) in [5.41, 5.74) is -0.683. The fourth-order valence-corrected chi connectivity index (χ4v) is 2.36. The number of halogens is 3. The average Bonchev–Trinajstić information content (AvgIpc) is 2.64. The first kappa shape index (κ1) is 17.6. The molecule has 0 amide bonds. The normalized spacial score (nSPS) is 10.9. The number of benzene rings is 2. The van der Waals surface area contributed by atoms with Crippen LogP contribution in [0.5, 0.6) is 5.75 Å². The Morgan fingerprint density at radius 2 is 1.88 bits per heavy atom. The number of rotatable bonds is 5. The van der Waals surface area contributed by atoms with Gasteiger partial charge >= 0.3 is 0 Å². The van der Waals surface area contributed by atoms with Crippen LogP contribution in [0.1, 0.15) is 15.9 Å². The molecule has 0 aliphatic heterocycles. The molecule has 26 heavy (non-hydrogen) atoms. The summed E-state index contributed by atoms with van der Waals surface area (Å²) < 4.78 is 41.3. The van der Waals surface area contributed by atoms with Crippen molar-refractivity contribution in [3.63, 3.8) is 0 Å². The van der Waals surface area contributed by atoms with Crippen molar-refractivity contribution < 1.29 is 28.2 Å². The summed E-state index contributed by atoms with van der Waals surface area (Å²) in [4.78, 5) is 20.7. The maximum absolute atomic E-state index is 14.0. The van der Waals surface area contributed by atoms with Crippen molar-refractivity contribution in [2.45, 2.75) is 0 Å². The minimum atomic E-state index is -1.69. The lowest BCUT2D eigenvalue weighted by molar-refractivity contribution is 0.102. The van der Waals surface area contributed by atoms with Crippen LogP contribution in [0.2, 0.25) is 0 Å². The van der Waals surface area contributed by atoms with Crippen molar-refractivity contribution in [1.29, 1.82) is 0 Å². The zero-order valence-electron chi connectivity index (χ0n) is 13.1. The number of aliphatic hydroxyl groups is 1. The molecule has 0 bridgehead atoms. The molecule has 3 rings (SSSR count). The van der Waals surface area contributed by atoms with Crippen molar-refractivity contribution in [1.82, 2.24) is 9.97 Å². The van der Waals surface area contributed by atoms with E-state index in [0.717, 1.165) is 0 Å². The van der Waals surface area contributed by atoms with E-state index in [-0.39, 0.29) is 30.3 Å². The number of fused-ring (bicyclic) bond motifs is 1. The van der Waals surface area contributed by atoms with Crippen molar-refractivity contribution in [2.24, 2.45) is 0 Å². The van der Waals surface area contributed by atoms with E-state index in [0.29, 0.717) is 11.3 Å². The summed E-state index contributed by atoms with van der Waals surface area (Å²) in [6, 6.07) is 4.18. The summed E-state index contributed by atoms with van der Waals surface area (Å²) in [7, 11) is 0. The maximum Gasteiger partial charge on any atom is 0.199 e. The quantitative estimate of drug-likeness (QED) is 0.476. The van der Waals surface area contributed by atoms with Gasteiger partial charge in [0.2, 0.25) is 0 Å². The summed E-state index contributed by atoms with van der Waals surface area (Å²) >= 11 is 0. The van der Waals surface area contributed by atoms with Gasteiger partial charge in [-0.2, -0.15) is 0 Å². The van der Waals surface area contributed by atoms with Crippen molar-refractivity contribution in [2.75, 3.05) is 18.5 Å². The topological polar surface area (TPSA) is 95.3 Å². The Kier molecular flexibility index (Phi) is 4.72. The number of ketones is 1. The van der Waals surface area contributed by atoms with Crippen molar-refractivity contribution >= 4 is 22.6 Å². The molecule has 0 atom stereocenters. The van der Waals surface area contributed by atoms with Gasteiger partial charge in [-0.3, -0.25) is 9.78 Å². The van der Waals surface area contributed by atoms with Crippen LogP contribution < -0.4 is 5.32 Å². The van der Waals surface area contributed by atoms with E-state index < -0.39 is 34.5 Å². The second-order valence-electron chi connectivity index (χ2n) is 5.32. The van der Waals surface area contributed by atoms with E-state index in [9.17, 15) is 23.1 Å². The molecule has 0 aliphatic rings. The smallest absolute Gasteiger partial charge is 0.199 e. The lowest BCUT2D eigenvalue weighted by Gasteiger charge is -2.08. The second-order valence-corrected chi connectivity index (χ2v) is 5.32. The number of aliphatic hydroxyl groups excluding tert-OH is 1. The van der Waals surface area contributed by atoms with Crippen LogP contribution in [0.15, 0.2) is 30.5 Å². The molecular formula is C17H12F3N3O3. The third-order valence-electron chi connectivity index (χ3n) is 3.59. The van der Waals surface area contributed by atoms with E-state index in [1.54, 1.807) is 0 Å². The Morgan fingerprint density at radius 1 is 1.12 bits per heavy atom. The molecule has 1 aromatic heterocycles. The van der Waals surface area contributed by atoms with Crippen LogP contribution in [0.3, 0.4) is 0 Å². The Labute approximate surface area is 145 Å². The first-order valence-corrected chi connectivity index (χ1v) is 7.45. The Hall–Kier alpha value is -3.20. The monoisotopic (exact) mass is 363 g/mol. The van der Waals surface area contributed by atoms with Gasteiger partial charge in [0, 0.05) is 18.2 Å². The number of nitrogens with one attached hydrogen (secondary N) is 1. The van der Waals surface area contributed by atoms with E-state index in [1.165, 1.54) is 24.4 Å². The molecule has 0 spiro atoms. The lowest BCUT2D eigenvalue weighted by atomic mass is 10.0. The molecule has 0 unspecified atom stereocenters. The van der Waals surface area contributed by atoms with Crippen LogP contribution in [-0.2, 0) is 0 Å². The fraction of sp³-hybridized carbons (Fsp3) is 0.118. The Balaban J connectivity index is 2.06. The number of aromatic nitrogens is 2. The third kappa shape index (κ3) is 3.16. The Bertz CT molecular complexity index is 985. The molecule has 3 aromatic rings. The number of aromatic hydroxyl groups is 1. The summed E-state index contributed by atoms with van der Waals surface area (Å²) in [6.45, 7) is 0.109. The molecule has 134 valence electrons. The van der Waals surface area contributed by atoms with Crippen LogP contribution in [-0.4, -0.2) is 39.1 Å². The molecule has 0 radical (unpaired) electrons. The highest BCUT2D eigenvalue weighted by Crippen LogP contribution is 2.27. The molecule has 0 aliphatic carbocycles. The van der Waals surface area contributed by atoms with Crippen LogP contribution in [0, 0.1) is 17.5 Å². The number of phenols is 1. The number of hydrogen-bond acceptors (Lipinski definition) is 6. The van der Waals surface area contributed by atoms with Gasteiger partial charge in [0.05, 0.1) is 23.8 Å². The van der Waals surface area contributed by atoms with E-state index >= 15 is 0 Å². The number of nitrogens with zero attached hydrogens (tertiary/aromatic N) is 2. The first-order valence-electron chi connectivity index (χ1n) is 7.45. The van der Waals surface area contributed by atoms with Gasteiger partial charge < -0.3 is 15.5 Å². The van der Waals surface area contributed by atoms with Gasteiger partial charge in [-0.1, -0.05) is 0 Å². The highest BCUT2D eigenvalue weighted by atomic mass is 19.2. The highest BCUT2D eigenvalue weighted by Gasteiger charge is 2.25.